The number of hydrogen-bond acceptors (Lipinski definition) is 3. The summed E-state index contributed by atoms with van der Waals surface area (Å²) in [6.45, 7) is 6.79. The lowest BCUT2D eigenvalue weighted by Gasteiger charge is -2.31. The molecule has 1 saturated carbocycles. The number of carbonyl (C=O) groups excluding carboxylic acids is 2. The minimum Gasteiger partial charge on any atom is -0.455 e. The summed E-state index contributed by atoms with van der Waals surface area (Å²) in [5.74, 6) is -0.283. The zero-order valence-electron chi connectivity index (χ0n) is 10.9. The third kappa shape index (κ3) is 4.33. The number of Topliss-reactive ketones (excluding diaryl/α,β-unsaturated/α-hetero) is 1. The number of carbonyl (C=O) groups is 2. The minimum absolute atomic E-state index is 0.0846. The second-order valence-corrected chi connectivity index (χ2v) is 5.15. The van der Waals surface area contributed by atoms with E-state index in [1.165, 1.54) is 0 Å². The molecule has 0 unspecified atom stereocenters. The molecule has 0 aromatic carbocycles. The van der Waals surface area contributed by atoms with E-state index in [9.17, 15) is 9.59 Å². The van der Waals surface area contributed by atoms with Gasteiger partial charge in [-0.3, -0.25) is 4.79 Å². The van der Waals surface area contributed by atoms with Crippen LogP contribution in [0.2, 0.25) is 0 Å². The molecule has 0 atom stereocenters. The molecule has 3 nitrogen and oxygen atoms in total. The van der Waals surface area contributed by atoms with E-state index in [1.54, 1.807) is 13.8 Å². The molecule has 0 amide bonds. The number of ketones is 1. The van der Waals surface area contributed by atoms with Gasteiger partial charge in [-0.2, -0.15) is 0 Å². The van der Waals surface area contributed by atoms with Gasteiger partial charge in [-0.25, -0.2) is 4.79 Å². The number of rotatable bonds is 4. The molecular formula is C14H22O3. The number of hydrogen-bond donors (Lipinski definition) is 0. The fraction of sp³-hybridized carbons (Fsp3) is 0.714. The predicted molar refractivity (Wildman–Crippen MR) is 66.6 cm³/mol. The van der Waals surface area contributed by atoms with Gasteiger partial charge in [0.15, 0.2) is 0 Å². The summed E-state index contributed by atoms with van der Waals surface area (Å²) in [5.41, 5.74) is -0.171. The monoisotopic (exact) mass is 238 g/mol. The Bertz CT molecular complexity index is 309. The summed E-state index contributed by atoms with van der Waals surface area (Å²) in [5, 5.41) is 0. The maximum absolute atomic E-state index is 11.7. The molecule has 1 aliphatic rings. The molecule has 96 valence electrons. The Morgan fingerprint density at radius 2 is 1.65 bits per heavy atom. The van der Waals surface area contributed by atoms with E-state index in [-0.39, 0.29) is 11.8 Å². The predicted octanol–water partition coefficient (Wildman–Crippen LogP) is 3.18. The highest BCUT2D eigenvalue weighted by Crippen LogP contribution is 2.34. The first kappa shape index (κ1) is 13.9. The van der Waals surface area contributed by atoms with Gasteiger partial charge in [0, 0.05) is 12.0 Å². The Hall–Kier alpha value is -1.12. The van der Waals surface area contributed by atoms with Crippen LogP contribution in [0.4, 0.5) is 0 Å². The Kier molecular flexibility index (Phi) is 4.91. The molecule has 0 radical (unpaired) electrons. The Morgan fingerprint density at radius 3 is 2.06 bits per heavy atom. The highest BCUT2D eigenvalue weighted by atomic mass is 16.6. The first-order chi connectivity index (χ1) is 7.95. The maximum atomic E-state index is 11.7. The van der Waals surface area contributed by atoms with Crippen LogP contribution in [0.5, 0.6) is 0 Å². The summed E-state index contributed by atoms with van der Waals surface area (Å²) in [6.07, 6.45) is 6.30. The van der Waals surface area contributed by atoms with Crippen LogP contribution >= 0.6 is 0 Å². The molecule has 0 saturated heterocycles. The van der Waals surface area contributed by atoms with Gasteiger partial charge in [-0.05, 0) is 39.5 Å². The average Bonchev–Trinajstić information content (AvgIpc) is 2.42. The molecule has 1 aliphatic carbocycles. The van der Waals surface area contributed by atoms with Crippen LogP contribution in [-0.4, -0.2) is 17.4 Å². The van der Waals surface area contributed by atoms with Crippen molar-refractivity contribution in [2.45, 2.75) is 64.4 Å². The summed E-state index contributed by atoms with van der Waals surface area (Å²) in [4.78, 5) is 23.0. The van der Waals surface area contributed by atoms with Crippen molar-refractivity contribution in [1.82, 2.24) is 0 Å². The second kappa shape index (κ2) is 5.99. The van der Waals surface area contributed by atoms with Gasteiger partial charge < -0.3 is 4.74 Å². The minimum atomic E-state index is -0.571. The van der Waals surface area contributed by atoms with Crippen LogP contribution in [0.15, 0.2) is 12.2 Å². The van der Waals surface area contributed by atoms with Crippen molar-refractivity contribution >= 4 is 11.8 Å². The molecule has 0 spiro atoms. The maximum Gasteiger partial charge on any atom is 0.333 e. The first-order valence-corrected chi connectivity index (χ1v) is 6.33. The largest absolute Gasteiger partial charge is 0.455 e. The Morgan fingerprint density at radius 1 is 1.12 bits per heavy atom. The number of ether oxygens (including phenoxy) is 1. The van der Waals surface area contributed by atoms with Crippen LogP contribution in [0.3, 0.4) is 0 Å². The van der Waals surface area contributed by atoms with Gasteiger partial charge in [-0.15, -0.1) is 0 Å². The highest BCUT2D eigenvalue weighted by molar-refractivity contribution is 5.87. The molecule has 0 N–H and O–H groups in total. The Balaban J connectivity index is 2.79. The van der Waals surface area contributed by atoms with Crippen LogP contribution < -0.4 is 0 Å². The summed E-state index contributed by atoms with van der Waals surface area (Å²) >= 11 is 0. The summed E-state index contributed by atoms with van der Waals surface area (Å²) < 4.78 is 5.57. The van der Waals surface area contributed by atoms with E-state index in [0.717, 1.165) is 38.5 Å². The zero-order chi connectivity index (χ0) is 12.9. The molecular weight excluding hydrogens is 216 g/mol. The van der Waals surface area contributed by atoms with Gasteiger partial charge in [0.2, 0.25) is 0 Å². The van der Waals surface area contributed by atoms with E-state index in [4.69, 9.17) is 4.74 Å². The van der Waals surface area contributed by atoms with E-state index in [2.05, 4.69) is 6.58 Å². The fourth-order valence-electron chi connectivity index (χ4n) is 2.43. The number of esters is 1. The standard InChI is InChI=1S/C14H22O3/c1-11(2)13(16)17-14(10-12(3)15)8-6-4-5-7-9-14/h1,4-10H2,2-3H3. The molecule has 17 heavy (non-hydrogen) atoms. The molecule has 0 aliphatic heterocycles. The lowest BCUT2D eigenvalue weighted by molar-refractivity contribution is -0.158. The lowest BCUT2D eigenvalue weighted by atomic mass is 9.89. The molecule has 0 aromatic rings. The van der Waals surface area contributed by atoms with Gasteiger partial charge in [0.1, 0.15) is 11.4 Å². The summed E-state index contributed by atoms with van der Waals surface area (Å²) in [7, 11) is 0. The van der Waals surface area contributed by atoms with Crippen molar-refractivity contribution in [2.75, 3.05) is 0 Å². The van der Waals surface area contributed by atoms with Crippen molar-refractivity contribution in [3.63, 3.8) is 0 Å². The highest BCUT2D eigenvalue weighted by Gasteiger charge is 2.36. The van der Waals surface area contributed by atoms with Gasteiger partial charge in [0.05, 0.1) is 0 Å². The third-order valence-electron chi connectivity index (χ3n) is 3.24. The molecule has 1 fully saturated rings. The van der Waals surface area contributed by atoms with Gasteiger partial charge in [-0.1, -0.05) is 19.4 Å². The second-order valence-electron chi connectivity index (χ2n) is 5.15. The van der Waals surface area contributed by atoms with Crippen molar-refractivity contribution in [2.24, 2.45) is 0 Å². The van der Waals surface area contributed by atoms with Gasteiger partial charge >= 0.3 is 5.97 Å². The van der Waals surface area contributed by atoms with Crippen molar-refractivity contribution in [1.29, 1.82) is 0 Å². The van der Waals surface area contributed by atoms with Crippen LogP contribution in [0, 0.1) is 0 Å². The third-order valence-corrected chi connectivity index (χ3v) is 3.24. The normalized spacial score (nSPS) is 19.2. The quantitative estimate of drug-likeness (QED) is 0.429. The van der Waals surface area contributed by atoms with E-state index in [0.29, 0.717) is 12.0 Å². The van der Waals surface area contributed by atoms with Crippen LogP contribution in [0.25, 0.3) is 0 Å². The van der Waals surface area contributed by atoms with E-state index in [1.807, 2.05) is 0 Å². The first-order valence-electron chi connectivity index (χ1n) is 6.33. The van der Waals surface area contributed by atoms with E-state index >= 15 is 0 Å². The lowest BCUT2D eigenvalue weighted by Crippen LogP contribution is -2.37. The molecule has 1 rings (SSSR count). The van der Waals surface area contributed by atoms with Crippen molar-refractivity contribution in [3.05, 3.63) is 12.2 Å². The average molecular weight is 238 g/mol. The molecule has 0 aromatic heterocycles. The van der Waals surface area contributed by atoms with E-state index < -0.39 is 5.60 Å². The molecule has 0 bridgehead atoms. The van der Waals surface area contributed by atoms with Crippen molar-refractivity contribution in [3.8, 4) is 0 Å². The van der Waals surface area contributed by atoms with Gasteiger partial charge in [0.25, 0.3) is 0 Å². The van der Waals surface area contributed by atoms with Crippen LogP contribution in [-0.2, 0) is 14.3 Å². The zero-order valence-corrected chi connectivity index (χ0v) is 10.9. The topological polar surface area (TPSA) is 43.4 Å². The molecule has 0 heterocycles. The Labute approximate surface area is 103 Å². The summed E-state index contributed by atoms with van der Waals surface area (Å²) in [6, 6.07) is 0. The van der Waals surface area contributed by atoms with Crippen molar-refractivity contribution < 1.29 is 14.3 Å². The SMILES string of the molecule is C=C(C)C(=O)OC1(CC(C)=O)CCCCCC1. The fourth-order valence-corrected chi connectivity index (χ4v) is 2.43. The molecule has 3 heteroatoms. The van der Waals surface area contributed by atoms with Crippen LogP contribution in [0.1, 0.15) is 58.8 Å². The smallest absolute Gasteiger partial charge is 0.333 e.